The molecule has 0 bridgehead atoms. The summed E-state index contributed by atoms with van der Waals surface area (Å²) in [7, 11) is 2.15. The Kier molecular flexibility index (Phi) is 7.63. The number of nitrogens with zero attached hydrogens (tertiary/aromatic N) is 1. The van der Waals surface area contributed by atoms with Gasteiger partial charge in [0.25, 0.3) is 0 Å². The zero-order valence-corrected chi connectivity index (χ0v) is 13.7. The van der Waals surface area contributed by atoms with E-state index >= 15 is 0 Å². The van der Waals surface area contributed by atoms with Gasteiger partial charge in [-0.25, -0.2) is 0 Å². The Hall–Kier alpha value is -1.06. The molecule has 1 rings (SSSR count). The maximum atomic E-state index is 5.51. The first-order chi connectivity index (χ1) is 9.49. The zero-order valence-electron chi connectivity index (χ0n) is 13.7. The Morgan fingerprint density at radius 1 is 1.10 bits per heavy atom. The molecule has 114 valence electrons. The molecule has 3 heteroatoms. The number of rotatable bonds is 9. The van der Waals surface area contributed by atoms with E-state index < -0.39 is 0 Å². The summed E-state index contributed by atoms with van der Waals surface area (Å²) in [6.07, 6.45) is 1.41. The maximum Gasteiger partial charge on any atom is 0.0518 e. The predicted octanol–water partition coefficient (Wildman–Crippen LogP) is 3.14. The van der Waals surface area contributed by atoms with E-state index in [1.165, 1.54) is 16.8 Å². The van der Waals surface area contributed by atoms with Crippen LogP contribution in [0.2, 0.25) is 0 Å². The molecule has 0 heterocycles. The van der Waals surface area contributed by atoms with E-state index in [2.05, 4.69) is 63.2 Å². The number of hydrogen-bond donors (Lipinski definition) is 1. The number of nitrogens with one attached hydrogen (secondary N) is 1. The van der Waals surface area contributed by atoms with Gasteiger partial charge in [-0.2, -0.15) is 0 Å². The summed E-state index contributed by atoms with van der Waals surface area (Å²) in [4.78, 5) is 2.30. The summed E-state index contributed by atoms with van der Waals surface area (Å²) in [5.41, 5.74) is 3.95. The molecule has 0 saturated heterocycles. The maximum absolute atomic E-state index is 5.51. The lowest BCUT2D eigenvalue weighted by Gasteiger charge is -2.20. The van der Waals surface area contributed by atoms with Crippen molar-refractivity contribution in [2.45, 2.75) is 40.2 Å². The molecule has 0 fully saturated rings. The van der Waals surface area contributed by atoms with Gasteiger partial charge in [-0.1, -0.05) is 6.07 Å². The molecular formula is C17H30N2O. The minimum Gasteiger partial charge on any atom is -0.379 e. The van der Waals surface area contributed by atoms with Crippen molar-refractivity contribution in [3.63, 3.8) is 0 Å². The lowest BCUT2D eigenvalue weighted by molar-refractivity contribution is 0.0771. The van der Waals surface area contributed by atoms with Crippen molar-refractivity contribution in [2.75, 3.05) is 38.2 Å². The number of aryl methyl sites for hydroxylation is 2. The van der Waals surface area contributed by atoms with Crippen LogP contribution in [0.5, 0.6) is 0 Å². The molecule has 3 nitrogen and oxygen atoms in total. The molecule has 20 heavy (non-hydrogen) atoms. The monoisotopic (exact) mass is 278 g/mol. The smallest absolute Gasteiger partial charge is 0.0518 e. The highest BCUT2D eigenvalue weighted by Gasteiger charge is 2.02. The van der Waals surface area contributed by atoms with Crippen LogP contribution in [0, 0.1) is 13.8 Å². The normalized spacial score (nSPS) is 11.1. The number of anilines is 1. The van der Waals surface area contributed by atoms with Gasteiger partial charge in [0.1, 0.15) is 0 Å². The molecule has 0 saturated carbocycles. The second kappa shape index (κ2) is 8.98. The first-order valence-electron chi connectivity index (χ1n) is 7.61. The first-order valence-corrected chi connectivity index (χ1v) is 7.61. The molecule has 1 aromatic rings. The van der Waals surface area contributed by atoms with Crippen molar-refractivity contribution in [2.24, 2.45) is 0 Å². The number of ether oxygens (including phenoxy) is 1. The molecule has 0 spiro atoms. The van der Waals surface area contributed by atoms with Gasteiger partial charge < -0.3 is 15.0 Å². The molecule has 0 aliphatic heterocycles. The molecule has 0 atom stereocenters. The van der Waals surface area contributed by atoms with Crippen molar-refractivity contribution in [3.05, 3.63) is 29.3 Å². The van der Waals surface area contributed by atoms with E-state index in [1.807, 2.05) is 0 Å². The highest BCUT2D eigenvalue weighted by Crippen LogP contribution is 2.16. The van der Waals surface area contributed by atoms with E-state index in [-0.39, 0.29) is 0 Å². The quantitative estimate of drug-likeness (QED) is 0.702. The number of likely N-dealkylation sites (N-methyl/N-ethyl adjacent to an activating group) is 1. The van der Waals surface area contributed by atoms with Crippen LogP contribution in [0.4, 0.5) is 5.69 Å². The third kappa shape index (κ3) is 6.92. The van der Waals surface area contributed by atoms with Crippen molar-refractivity contribution in [1.82, 2.24) is 5.32 Å². The van der Waals surface area contributed by atoms with Gasteiger partial charge >= 0.3 is 0 Å². The molecule has 1 aromatic carbocycles. The summed E-state index contributed by atoms with van der Waals surface area (Å²) < 4.78 is 5.51. The van der Waals surface area contributed by atoms with E-state index in [9.17, 15) is 0 Å². The number of benzene rings is 1. The third-order valence-corrected chi connectivity index (χ3v) is 3.22. The van der Waals surface area contributed by atoms with Crippen LogP contribution in [0.25, 0.3) is 0 Å². The molecule has 0 aliphatic rings. The van der Waals surface area contributed by atoms with E-state index in [4.69, 9.17) is 4.74 Å². The number of hydrogen-bond acceptors (Lipinski definition) is 3. The Bertz CT molecular complexity index is 370. The molecule has 0 amide bonds. The molecular weight excluding hydrogens is 248 g/mol. The van der Waals surface area contributed by atoms with Crippen LogP contribution < -0.4 is 10.2 Å². The minimum absolute atomic E-state index is 0.339. The van der Waals surface area contributed by atoms with Crippen molar-refractivity contribution >= 4 is 5.69 Å². The van der Waals surface area contributed by atoms with Crippen LogP contribution in [-0.2, 0) is 4.74 Å². The first kappa shape index (κ1) is 17.0. The third-order valence-electron chi connectivity index (χ3n) is 3.22. The zero-order chi connectivity index (χ0) is 15.0. The van der Waals surface area contributed by atoms with Crippen molar-refractivity contribution < 1.29 is 4.74 Å². The van der Waals surface area contributed by atoms with E-state index in [0.29, 0.717) is 6.10 Å². The Morgan fingerprint density at radius 2 is 1.75 bits per heavy atom. The van der Waals surface area contributed by atoms with Crippen LogP contribution in [-0.4, -0.2) is 39.4 Å². The average molecular weight is 278 g/mol. The van der Waals surface area contributed by atoms with Gasteiger partial charge in [-0.05, 0) is 63.9 Å². The lowest BCUT2D eigenvalue weighted by Crippen LogP contribution is -2.30. The van der Waals surface area contributed by atoms with Gasteiger partial charge in [0.05, 0.1) is 6.10 Å². The summed E-state index contributed by atoms with van der Waals surface area (Å²) in [6, 6.07) is 6.69. The van der Waals surface area contributed by atoms with Gasteiger partial charge in [-0.15, -0.1) is 0 Å². The van der Waals surface area contributed by atoms with Crippen LogP contribution in [0.1, 0.15) is 31.4 Å². The largest absolute Gasteiger partial charge is 0.379 e. The average Bonchev–Trinajstić information content (AvgIpc) is 2.35. The van der Waals surface area contributed by atoms with Gasteiger partial charge in [0.2, 0.25) is 0 Å². The summed E-state index contributed by atoms with van der Waals surface area (Å²) in [6.45, 7) is 12.3. The molecule has 1 N–H and O–H groups in total. The molecule has 0 radical (unpaired) electrons. The fraction of sp³-hybridized carbons (Fsp3) is 0.647. The summed E-state index contributed by atoms with van der Waals surface area (Å²) >= 11 is 0. The van der Waals surface area contributed by atoms with Gasteiger partial charge in [0.15, 0.2) is 0 Å². The Labute approximate surface area is 124 Å². The Morgan fingerprint density at radius 3 is 2.35 bits per heavy atom. The second-order valence-electron chi connectivity index (χ2n) is 5.79. The molecule has 0 aromatic heterocycles. The second-order valence-corrected chi connectivity index (χ2v) is 5.79. The molecule has 0 unspecified atom stereocenters. The molecule has 0 aliphatic carbocycles. The fourth-order valence-electron chi connectivity index (χ4n) is 2.19. The van der Waals surface area contributed by atoms with Crippen molar-refractivity contribution in [3.8, 4) is 0 Å². The topological polar surface area (TPSA) is 24.5 Å². The van der Waals surface area contributed by atoms with E-state index in [0.717, 1.165) is 32.7 Å². The lowest BCUT2D eigenvalue weighted by atomic mass is 10.1. The summed E-state index contributed by atoms with van der Waals surface area (Å²) in [5.74, 6) is 0. The SMILES string of the molecule is Cc1cc(C)cc(N(C)CCNCCCOC(C)C)c1. The minimum atomic E-state index is 0.339. The standard InChI is InChI=1S/C17H30N2O/c1-14(2)20-10-6-7-18-8-9-19(5)17-12-15(3)11-16(4)13-17/h11-14,18H,6-10H2,1-5H3. The van der Waals surface area contributed by atoms with Gasteiger partial charge in [0, 0.05) is 32.4 Å². The van der Waals surface area contributed by atoms with Gasteiger partial charge in [-0.3, -0.25) is 0 Å². The van der Waals surface area contributed by atoms with Crippen LogP contribution >= 0.6 is 0 Å². The van der Waals surface area contributed by atoms with Crippen LogP contribution in [0.3, 0.4) is 0 Å². The summed E-state index contributed by atoms with van der Waals surface area (Å²) in [5, 5.41) is 3.47. The Balaban J connectivity index is 2.18. The van der Waals surface area contributed by atoms with E-state index in [1.54, 1.807) is 0 Å². The predicted molar refractivity (Wildman–Crippen MR) is 87.8 cm³/mol. The van der Waals surface area contributed by atoms with Crippen molar-refractivity contribution in [1.29, 1.82) is 0 Å². The highest BCUT2D eigenvalue weighted by molar-refractivity contribution is 5.50. The highest BCUT2D eigenvalue weighted by atomic mass is 16.5. The fourth-order valence-corrected chi connectivity index (χ4v) is 2.19. The van der Waals surface area contributed by atoms with Crippen LogP contribution in [0.15, 0.2) is 18.2 Å².